The van der Waals surface area contributed by atoms with Crippen molar-refractivity contribution in [2.45, 2.75) is 39.5 Å². The summed E-state index contributed by atoms with van der Waals surface area (Å²) in [5, 5.41) is 3.29. The van der Waals surface area contributed by atoms with Gasteiger partial charge in [-0.1, -0.05) is 24.3 Å². The topological polar surface area (TPSA) is 146 Å². The average Bonchev–Trinajstić information content (AvgIpc) is 3.39. The number of nitrogens with one attached hydrogen (secondary N) is 1. The molecule has 2 heterocycles. The number of amides is 1. The van der Waals surface area contributed by atoms with Crippen molar-refractivity contribution in [3.05, 3.63) is 88.0 Å². The minimum Gasteiger partial charge on any atom is -0.465 e. The van der Waals surface area contributed by atoms with Crippen LogP contribution in [0.2, 0.25) is 0 Å². The molecule has 0 atom stereocenters. The number of hydrogen-bond donors (Lipinski definition) is 2. The van der Waals surface area contributed by atoms with E-state index in [1.54, 1.807) is 26.8 Å². The maximum absolute atomic E-state index is 12.3. The molecule has 12 nitrogen and oxygen atoms in total. The summed E-state index contributed by atoms with van der Waals surface area (Å²) >= 11 is 1.37. The molecule has 0 aliphatic carbocycles. The summed E-state index contributed by atoms with van der Waals surface area (Å²) in [7, 11) is 1.90. The summed E-state index contributed by atoms with van der Waals surface area (Å²) in [5.41, 5.74) is 8.29. The molecule has 0 radical (unpaired) electrons. The number of esters is 1. The van der Waals surface area contributed by atoms with E-state index in [-0.39, 0.29) is 24.9 Å². The number of carbonyl (C=O) groups is 2. The monoisotopic (exact) mass is 615 g/mol. The van der Waals surface area contributed by atoms with Gasteiger partial charge in [0.2, 0.25) is 0 Å². The first kappa shape index (κ1) is 31.7. The molecule has 0 bridgehead atoms. The molecule has 13 heteroatoms. The molecule has 0 saturated heterocycles. The number of ether oxygens (including phenoxy) is 3. The van der Waals surface area contributed by atoms with Crippen molar-refractivity contribution in [2.75, 3.05) is 30.8 Å². The van der Waals surface area contributed by atoms with E-state index < -0.39 is 17.7 Å². The maximum Gasteiger partial charge on any atom is 0.407 e. The lowest BCUT2D eigenvalue weighted by Crippen LogP contribution is -2.28. The van der Waals surface area contributed by atoms with E-state index in [0.29, 0.717) is 23.9 Å². The van der Waals surface area contributed by atoms with Crippen molar-refractivity contribution >= 4 is 51.2 Å². The Morgan fingerprint density at radius 1 is 1.11 bits per heavy atom. The molecule has 44 heavy (non-hydrogen) atoms. The molecule has 1 amide bonds. The SMILES string of the molecule is [C-]#[N+]/C(=C\c1nc2ccc(N(C)CCOC(=O)NCc3ccc(COc4nccc(N)n4)cc3)cc2s1)C(=O)OC(C)(C)C. The van der Waals surface area contributed by atoms with Gasteiger partial charge in [0.1, 0.15) is 29.6 Å². The zero-order chi connectivity index (χ0) is 31.7. The van der Waals surface area contributed by atoms with Gasteiger partial charge in [-0.2, -0.15) is 4.98 Å². The molecule has 228 valence electrons. The van der Waals surface area contributed by atoms with Crippen molar-refractivity contribution in [2.24, 2.45) is 0 Å². The van der Waals surface area contributed by atoms with Crippen molar-refractivity contribution in [3.8, 4) is 6.01 Å². The molecule has 0 unspecified atom stereocenters. The van der Waals surface area contributed by atoms with Gasteiger partial charge in [0.15, 0.2) is 0 Å². The van der Waals surface area contributed by atoms with Gasteiger partial charge in [-0.15, -0.1) is 11.3 Å². The van der Waals surface area contributed by atoms with Crippen LogP contribution in [-0.2, 0) is 27.4 Å². The third-order valence-electron chi connectivity index (χ3n) is 5.96. The van der Waals surface area contributed by atoms with Gasteiger partial charge in [0, 0.05) is 25.5 Å². The highest BCUT2D eigenvalue weighted by Gasteiger charge is 2.21. The van der Waals surface area contributed by atoms with Crippen LogP contribution in [-0.4, -0.2) is 52.8 Å². The first-order valence-corrected chi connectivity index (χ1v) is 14.4. The van der Waals surface area contributed by atoms with Gasteiger partial charge in [-0.05, 0) is 62.2 Å². The summed E-state index contributed by atoms with van der Waals surface area (Å²) in [6, 6.07) is 15.1. The summed E-state index contributed by atoms with van der Waals surface area (Å²) in [4.78, 5) is 42.4. The van der Waals surface area contributed by atoms with Crippen LogP contribution in [0.1, 0.15) is 36.9 Å². The average molecular weight is 616 g/mol. The van der Waals surface area contributed by atoms with Crippen molar-refractivity contribution in [1.29, 1.82) is 0 Å². The van der Waals surface area contributed by atoms with Crippen molar-refractivity contribution in [1.82, 2.24) is 20.3 Å². The normalized spacial score (nSPS) is 11.5. The van der Waals surface area contributed by atoms with E-state index in [2.05, 4.69) is 25.1 Å². The maximum atomic E-state index is 12.3. The van der Waals surface area contributed by atoms with Crippen LogP contribution < -0.4 is 20.7 Å². The number of alkyl carbamates (subject to hydrolysis) is 1. The molecule has 0 spiro atoms. The zero-order valence-corrected chi connectivity index (χ0v) is 25.7. The van der Waals surface area contributed by atoms with Crippen LogP contribution in [0, 0.1) is 6.57 Å². The Bertz CT molecular complexity index is 1690. The summed E-state index contributed by atoms with van der Waals surface area (Å²) in [5.74, 6) is -0.340. The predicted octanol–water partition coefficient (Wildman–Crippen LogP) is 5.21. The van der Waals surface area contributed by atoms with Crippen molar-refractivity contribution < 1.29 is 23.8 Å². The quantitative estimate of drug-likeness (QED) is 0.131. The predicted molar refractivity (Wildman–Crippen MR) is 169 cm³/mol. The van der Waals surface area contributed by atoms with Crippen LogP contribution >= 0.6 is 11.3 Å². The van der Waals surface area contributed by atoms with Gasteiger partial charge in [-0.25, -0.2) is 19.6 Å². The third-order valence-corrected chi connectivity index (χ3v) is 6.93. The smallest absolute Gasteiger partial charge is 0.407 e. The molecular formula is C31H33N7O5S. The number of carbonyl (C=O) groups excluding carboxylic acids is 2. The number of nitrogens with zero attached hydrogens (tertiary/aromatic N) is 5. The van der Waals surface area contributed by atoms with Crippen LogP contribution in [0.3, 0.4) is 0 Å². The van der Waals surface area contributed by atoms with E-state index in [9.17, 15) is 9.59 Å². The third kappa shape index (κ3) is 9.40. The van der Waals surface area contributed by atoms with E-state index >= 15 is 0 Å². The van der Waals surface area contributed by atoms with E-state index in [1.165, 1.54) is 23.6 Å². The lowest BCUT2D eigenvalue weighted by atomic mass is 10.1. The fraction of sp³-hybridized carbons (Fsp3) is 0.290. The summed E-state index contributed by atoms with van der Waals surface area (Å²) in [6.07, 6.45) is 2.47. The Morgan fingerprint density at radius 3 is 2.57 bits per heavy atom. The van der Waals surface area contributed by atoms with Gasteiger partial charge in [-0.3, -0.25) is 4.79 Å². The Hall–Kier alpha value is -5.22. The van der Waals surface area contributed by atoms with E-state index in [0.717, 1.165) is 27.0 Å². The Kier molecular flexibility index (Phi) is 10.3. The minimum absolute atomic E-state index is 0.126. The highest BCUT2D eigenvalue weighted by Crippen LogP contribution is 2.28. The molecule has 0 saturated carbocycles. The van der Waals surface area contributed by atoms with Gasteiger partial charge >= 0.3 is 18.1 Å². The number of nitrogen functional groups attached to an aromatic ring is 1. The lowest BCUT2D eigenvalue weighted by molar-refractivity contribution is -0.149. The molecule has 2 aromatic heterocycles. The second-order valence-corrected chi connectivity index (χ2v) is 11.7. The number of nitrogens with two attached hydrogens (primary N) is 1. The highest BCUT2D eigenvalue weighted by molar-refractivity contribution is 7.19. The van der Waals surface area contributed by atoms with Gasteiger partial charge in [0.05, 0.1) is 23.3 Å². The fourth-order valence-corrected chi connectivity index (χ4v) is 4.71. The fourth-order valence-electron chi connectivity index (χ4n) is 3.77. The van der Waals surface area contributed by atoms with E-state index in [4.69, 9.17) is 26.5 Å². The largest absolute Gasteiger partial charge is 0.465 e. The highest BCUT2D eigenvalue weighted by atomic mass is 32.1. The molecule has 0 aliphatic rings. The number of likely N-dealkylation sites (N-methyl/N-ethyl adjacent to an activating group) is 1. The molecule has 4 aromatic rings. The Balaban J connectivity index is 1.22. The standard InChI is InChI=1S/C31H33N7O5S/c1-31(2,3)43-28(39)24(33-4)17-27-36-23-11-10-22(16-25(23)44-27)38(5)14-15-41-30(40)35-18-20-6-8-21(9-7-20)19-42-29-34-13-12-26(32)37-29/h6-13,16-17H,14-15,18-19H2,1-3,5H3,(H,35,40)(H2,32,34,37)/b24-17-. The Labute approximate surface area is 259 Å². The Morgan fingerprint density at radius 2 is 1.86 bits per heavy atom. The summed E-state index contributed by atoms with van der Waals surface area (Å²) in [6.45, 7) is 13.9. The second-order valence-electron chi connectivity index (χ2n) is 10.6. The number of fused-ring (bicyclic) bond motifs is 1. The van der Waals surface area contributed by atoms with Crippen LogP contribution in [0.4, 0.5) is 16.3 Å². The number of thiazole rings is 1. The van der Waals surface area contributed by atoms with Crippen LogP contribution in [0.5, 0.6) is 6.01 Å². The molecule has 0 fully saturated rings. The molecular weight excluding hydrogens is 582 g/mol. The minimum atomic E-state index is -0.697. The lowest BCUT2D eigenvalue weighted by Gasteiger charge is -2.19. The first-order chi connectivity index (χ1) is 21.0. The molecule has 4 rings (SSSR count). The number of anilines is 2. The van der Waals surface area contributed by atoms with Gasteiger partial charge in [0.25, 0.3) is 5.70 Å². The van der Waals surface area contributed by atoms with Gasteiger partial charge < -0.3 is 30.2 Å². The summed E-state index contributed by atoms with van der Waals surface area (Å²) < 4.78 is 17.1. The first-order valence-electron chi connectivity index (χ1n) is 13.6. The zero-order valence-electron chi connectivity index (χ0n) is 24.9. The van der Waals surface area contributed by atoms with E-state index in [1.807, 2.05) is 54.4 Å². The number of benzene rings is 2. The number of hydrogen-bond acceptors (Lipinski definition) is 11. The molecule has 0 aliphatic heterocycles. The van der Waals surface area contributed by atoms with Crippen LogP contribution in [0.25, 0.3) is 21.1 Å². The van der Waals surface area contributed by atoms with Crippen LogP contribution in [0.15, 0.2) is 60.4 Å². The number of rotatable bonds is 11. The molecule has 3 N–H and O–H groups in total. The second kappa shape index (κ2) is 14.3. The number of aromatic nitrogens is 3. The van der Waals surface area contributed by atoms with Crippen molar-refractivity contribution in [3.63, 3.8) is 0 Å². The molecule has 2 aromatic carbocycles.